The summed E-state index contributed by atoms with van der Waals surface area (Å²) in [4.78, 5) is 22.8. The molecule has 4 heteroatoms. The van der Waals surface area contributed by atoms with Gasteiger partial charge in [-0.1, -0.05) is 23.8 Å². The van der Waals surface area contributed by atoms with Crippen LogP contribution in [0.4, 0.5) is 4.79 Å². The number of thioether (sulfide) groups is 1. The molecular weight excluding hydrogens is 222 g/mol. The van der Waals surface area contributed by atoms with E-state index < -0.39 is 0 Å². The van der Waals surface area contributed by atoms with Crippen LogP contribution >= 0.6 is 11.8 Å². The van der Waals surface area contributed by atoms with Gasteiger partial charge in [0.05, 0.1) is 4.91 Å². The zero-order valence-corrected chi connectivity index (χ0v) is 9.85. The predicted octanol–water partition coefficient (Wildman–Crippen LogP) is 2.63. The molecule has 1 fully saturated rings. The van der Waals surface area contributed by atoms with Gasteiger partial charge in [0.25, 0.3) is 11.1 Å². The number of imide groups is 1. The van der Waals surface area contributed by atoms with Gasteiger partial charge in [0, 0.05) is 0 Å². The van der Waals surface area contributed by atoms with Crippen LogP contribution in [0.1, 0.15) is 16.7 Å². The molecule has 16 heavy (non-hydrogen) atoms. The van der Waals surface area contributed by atoms with Crippen LogP contribution in [0.3, 0.4) is 0 Å². The highest BCUT2D eigenvalue weighted by Gasteiger charge is 2.24. The molecule has 3 nitrogen and oxygen atoms in total. The lowest BCUT2D eigenvalue weighted by molar-refractivity contribution is -0.115. The van der Waals surface area contributed by atoms with E-state index in [9.17, 15) is 9.59 Å². The Morgan fingerprint density at radius 1 is 1.25 bits per heavy atom. The Balaban J connectivity index is 2.39. The molecule has 1 aromatic carbocycles. The lowest BCUT2D eigenvalue weighted by atomic mass is 10.1. The minimum Gasteiger partial charge on any atom is -0.282 e. The van der Waals surface area contributed by atoms with E-state index in [1.807, 2.05) is 32.0 Å². The second-order valence-corrected chi connectivity index (χ2v) is 4.73. The van der Waals surface area contributed by atoms with E-state index in [0.717, 1.165) is 28.5 Å². The summed E-state index contributed by atoms with van der Waals surface area (Å²) in [7, 11) is 0. The van der Waals surface area contributed by atoms with Crippen LogP contribution in [0.25, 0.3) is 6.08 Å². The van der Waals surface area contributed by atoms with E-state index in [1.165, 1.54) is 0 Å². The molecule has 0 spiro atoms. The van der Waals surface area contributed by atoms with Crippen molar-refractivity contribution in [2.24, 2.45) is 0 Å². The van der Waals surface area contributed by atoms with Gasteiger partial charge in [-0.3, -0.25) is 14.9 Å². The number of carbonyl (C=O) groups excluding carboxylic acids is 2. The molecule has 0 unspecified atom stereocenters. The largest absolute Gasteiger partial charge is 0.290 e. The predicted molar refractivity (Wildman–Crippen MR) is 65.0 cm³/mol. The summed E-state index contributed by atoms with van der Waals surface area (Å²) in [5.41, 5.74) is 3.20. The number of amides is 2. The molecule has 1 heterocycles. The third-order valence-electron chi connectivity index (χ3n) is 2.36. The molecule has 1 N–H and O–H groups in total. The third-order valence-corrected chi connectivity index (χ3v) is 3.17. The minimum atomic E-state index is -0.309. The molecule has 1 aliphatic heterocycles. The first-order chi connectivity index (χ1) is 7.56. The normalized spacial score (nSPS) is 18.0. The first-order valence-electron chi connectivity index (χ1n) is 4.88. The van der Waals surface area contributed by atoms with Crippen molar-refractivity contribution in [3.05, 3.63) is 39.8 Å². The first kappa shape index (κ1) is 11.0. The molecule has 0 aromatic heterocycles. The summed E-state index contributed by atoms with van der Waals surface area (Å²) >= 11 is 0.945. The maximum atomic E-state index is 11.4. The van der Waals surface area contributed by atoms with Crippen molar-refractivity contribution in [3.63, 3.8) is 0 Å². The summed E-state index contributed by atoms with van der Waals surface area (Å²) in [6, 6.07) is 6.02. The summed E-state index contributed by atoms with van der Waals surface area (Å²) in [5.74, 6) is -0.309. The average Bonchev–Trinajstić information content (AvgIpc) is 2.51. The van der Waals surface area contributed by atoms with Crippen LogP contribution in [0.5, 0.6) is 0 Å². The van der Waals surface area contributed by atoms with Gasteiger partial charge in [-0.2, -0.15) is 0 Å². The third kappa shape index (κ3) is 2.17. The number of rotatable bonds is 1. The SMILES string of the molecule is Cc1ccc(C)c(/C=C2\SC(=O)NC2=O)c1. The zero-order valence-electron chi connectivity index (χ0n) is 9.03. The molecule has 0 atom stereocenters. The summed E-state index contributed by atoms with van der Waals surface area (Å²) in [6.45, 7) is 3.97. The van der Waals surface area contributed by atoms with Gasteiger partial charge in [-0.25, -0.2) is 0 Å². The molecule has 0 bridgehead atoms. The van der Waals surface area contributed by atoms with Crippen LogP contribution < -0.4 is 5.32 Å². The van der Waals surface area contributed by atoms with Gasteiger partial charge in [0.1, 0.15) is 0 Å². The number of aryl methyl sites for hydroxylation is 2. The van der Waals surface area contributed by atoms with Crippen LogP contribution in [0, 0.1) is 13.8 Å². The fraction of sp³-hybridized carbons (Fsp3) is 0.167. The van der Waals surface area contributed by atoms with Gasteiger partial charge in [-0.05, 0) is 42.8 Å². The zero-order chi connectivity index (χ0) is 11.7. The Morgan fingerprint density at radius 2 is 2.00 bits per heavy atom. The Hall–Kier alpha value is -1.55. The standard InChI is InChI=1S/C12H11NO2S/c1-7-3-4-8(2)9(5-7)6-10-11(14)13-12(15)16-10/h3-6H,1-2H3,(H,13,14,15)/b10-6-. The van der Waals surface area contributed by atoms with E-state index in [2.05, 4.69) is 5.32 Å². The molecule has 1 aliphatic rings. The van der Waals surface area contributed by atoms with Crippen LogP contribution in [0.15, 0.2) is 23.1 Å². The first-order valence-corrected chi connectivity index (χ1v) is 5.70. The van der Waals surface area contributed by atoms with Crippen LogP contribution in [-0.4, -0.2) is 11.1 Å². The minimum absolute atomic E-state index is 0.304. The van der Waals surface area contributed by atoms with E-state index in [0.29, 0.717) is 4.91 Å². The van der Waals surface area contributed by atoms with Gasteiger partial charge in [0.15, 0.2) is 0 Å². The summed E-state index contributed by atoms with van der Waals surface area (Å²) in [6.07, 6.45) is 1.76. The molecule has 0 radical (unpaired) electrons. The van der Waals surface area contributed by atoms with Gasteiger partial charge in [0.2, 0.25) is 0 Å². The van der Waals surface area contributed by atoms with Crippen molar-refractivity contribution < 1.29 is 9.59 Å². The molecule has 2 amide bonds. The molecule has 1 aromatic rings. The Morgan fingerprint density at radius 3 is 2.62 bits per heavy atom. The Bertz CT molecular complexity index is 506. The van der Waals surface area contributed by atoms with Gasteiger partial charge in [-0.15, -0.1) is 0 Å². The highest BCUT2D eigenvalue weighted by molar-refractivity contribution is 8.18. The molecule has 82 valence electrons. The molecule has 0 aliphatic carbocycles. The molecule has 0 saturated carbocycles. The van der Waals surface area contributed by atoms with Crippen molar-refractivity contribution in [1.82, 2.24) is 5.32 Å². The second kappa shape index (κ2) is 4.14. The highest BCUT2D eigenvalue weighted by atomic mass is 32.2. The fourth-order valence-electron chi connectivity index (χ4n) is 1.48. The molecule has 1 saturated heterocycles. The number of carbonyl (C=O) groups is 2. The van der Waals surface area contributed by atoms with E-state index in [4.69, 9.17) is 0 Å². The molecule has 2 rings (SSSR count). The maximum absolute atomic E-state index is 11.4. The summed E-state index contributed by atoms with van der Waals surface area (Å²) < 4.78 is 0. The van der Waals surface area contributed by atoms with E-state index in [1.54, 1.807) is 6.08 Å². The quantitative estimate of drug-likeness (QED) is 0.758. The van der Waals surface area contributed by atoms with Crippen molar-refractivity contribution in [3.8, 4) is 0 Å². The van der Waals surface area contributed by atoms with Crippen molar-refractivity contribution >= 4 is 29.0 Å². The lowest BCUT2D eigenvalue weighted by Gasteiger charge is -2.02. The van der Waals surface area contributed by atoms with Gasteiger partial charge >= 0.3 is 0 Å². The van der Waals surface area contributed by atoms with Crippen molar-refractivity contribution in [2.75, 3.05) is 0 Å². The smallest absolute Gasteiger partial charge is 0.282 e. The van der Waals surface area contributed by atoms with Gasteiger partial charge < -0.3 is 0 Å². The second-order valence-electron chi connectivity index (χ2n) is 3.71. The fourth-order valence-corrected chi connectivity index (χ4v) is 2.15. The topological polar surface area (TPSA) is 46.2 Å². The number of hydrogen-bond donors (Lipinski definition) is 1. The van der Waals surface area contributed by atoms with Crippen molar-refractivity contribution in [2.45, 2.75) is 13.8 Å². The highest BCUT2D eigenvalue weighted by Crippen LogP contribution is 2.26. The summed E-state index contributed by atoms with van der Waals surface area (Å²) in [5, 5.41) is 1.93. The van der Waals surface area contributed by atoms with Crippen LogP contribution in [0.2, 0.25) is 0 Å². The van der Waals surface area contributed by atoms with Crippen LogP contribution in [-0.2, 0) is 4.79 Å². The van der Waals surface area contributed by atoms with E-state index in [-0.39, 0.29) is 11.1 Å². The molecular formula is C12H11NO2S. The number of hydrogen-bond acceptors (Lipinski definition) is 3. The average molecular weight is 233 g/mol. The monoisotopic (exact) mass is 233 g/mol. The lowest BCUT2D eigenvalue weighted by Crippen LogP contribution is -2.17. The van der Waals surface area contributed by atoms with E-state index >= 15 is 0 Å². The maximum Gasteiger partial charge on any atom is 0.290 e. The van der Waals surface area contributed by atoms with Crippen molar-refractivity contribution in [1.29, 1.82) is 0 Å². The number of benzene rings is 1. The number of nitrogens with one attached hydrogen (secondary N) is 1. The Labute approximate surface area is 97.9 Å². The Kier molecular flexibility index (Phi) is 2.83.